The van der Waals surface area contributed by atoms with E-state index in [1.165, 1.54) is 5.56 Å². The predicted molar refractivity (Wildman–Crippen MR) is 84.3 cm³/mol. The minimum Gasteiger partial charge on any atom is -0.484 e. The van der Waals surface area contributed by atoms with Gasteiger partial charge in [0.15, 0.2) is 6.61 Å². The van der Waals surface area contributed by atoms with Crippen molar-refractivity contribution in [3.63, 3.8) is 0 Å². The summed E-state index contributed by atoms with van der Waals surface area (Å²) < 4.78 is 5.47. The lowest BCUT2D eigenvalue weighted by Gasteiger charge is -2.10. The van der Waals surface area contributed by atoms with Crippen LogP contribution in [0.4, 0.5) is 5.69 Å². The second-order valence-electron chi connectivity index (χ2n) is 4.70. The first-order valence-electron chi connectivity index (χ1n) is 7.02. The highest BCUT2D eigenvalue weighted by atomic mass is 16.5. The van der Waals surface area contributed by atoms with Crippen molar-refractivity contribution in [2.75, 3.05) is 11.9 Å². The largest absolute Gasteiger partial charge is 0.484 e. The maximum atomic E-state index is 11.9. The van der Waals surface area contributed by atoms with Gasteiger partial charge < -0.3 is 15.8 Å². The number of carbonyl (C=O) groups excluding carboxylic acids is 1. The maximum absolute atomic E-state index is 11.9. The van der Waals surface area contributed by atoms with Gasteiger partial charge in [-0.05, 0) is 35.7 Å². The Bertz CT molecular complexity index is 594. The number of ether oxygens (including phenoxy) is 1. The molecule has 21 heavy (non-hydrogen) atoms. The lowest BCUT2D eigenvalue weighted by Crippen LogP contribution is -2.21. The average molecular weight is 284 g/mol. The van der Waals surface area contributed by atoms with Crippen molar-refractivity contribution in [3.05, 3.63) is 59.7 Å². The van der Waals surface area contributed by atoms with Crippen LogP contribution >= 0.6 is 0 Å². The topological polar surface area (TPSA) is 64.3 Å². The molecule has 110 valence electrons. The fourth-order valence-electron chi connectivity index (χ4n) is 1.98. The normalized spacial score (nSPS) is 10.2. The first kappa shape index (κ1) is 15.1. The van der Waals surface area contributed by atoms with Gasteiger partial charge in [0, 0.05) is 12.2 Å². The number of carbonyl (C=O) groups is 1. The number of rotatable bonds is 6. The zero-order chi connectivity index (χ0) is 15.1. The standard InChI is InChI=1S/C17H20N2O2/c1-2-13-7-9-15(10-8-13)21-12-17(20)19-16-6-4-3-5-14(16)11-18/h3-10H,2,11-12,18H2,1H3,(H,19,20). The molecule has 2 aromatic carbocycles. The molecule has 0 aliphatic heterocycles. The highest BCUT2D eigenvalue weighted by Gasteiger charge is 2.06. The molecular weight excluding hydrogens is 264 g/mol. The van der Waals surface area contributed by atoms with Gasteiger partial charge in [0.2, 0.25) is 0 Å². The van der Waals surface area contributed by atoms with Crippen molar-refractivity contribution in [1.82, 2.24) is 0 Å². The molecule has 0 spiro atoms. The molecule has 0 saturated heterocycles. The van der Waals surface area contributed by atoms with E-state index in [1.807, 2.05) is 48.5 Å². The molecule has 0 heterocycles. The highest BCUT2D eigenvalue weighted by Crippen LogP contribution is 2.15. The number of nitrogens with one attached hydrogen (secondary N) is 1. The van der Waals surface area contributed by atoms with E-state index in [9.17, 15) is 4.79 Å². The Hall–Kier alpha value is -2.33. The molecule has 0 aliphatic rings. The third-order valence-electron chi connectivity index (χ3n) is 3.21. The number of nitrogens with two attached hydrogens (primary N) is 1. The van der Waals surface area contributed by atoms with Crippen LogP contribution in [0.3, 0.4) is 0 Å². The molecule has 0 aliphatic carbocycles. The number of para-hydroxylation sites is 1. The van der Waals surface area contributed by atoms with E-state index >= 15 is 0 Å². The quantitative estimate of drug-likeness (QED) is 0.857. The molecule has 2 aromatic rings. The molecule has 3 N–H and O–H groups in total. The molecule has 0 bridgehead atoms. The highest BCUT2D eigenvalue weighted by molar-refractivity contribution is 5.92. The van der Waals surface area contributed by atoms with E-state index in [0.717, 1.165) is 17.7 Å². The first-order chi connectivity index (χ1) is 10.2. The van der Waals surface area contributed by atoms with Crippen LogP contribution in [-0.2, 0) is 17.8 Å². The third kappa shape index (κ3) is 4.33. The molecule has 0 fully saturated rings. The SMILES string of the molecule is CCc1ccc(OCC(=O)Nc2ccccc2CN)cc1. The summed E-state index contributed by atoms with van der Waals surface area (Å²) in [5, 5.41) is 2.81. The monoisotopic (exact) mass is 284 g/mol. The Morgan fingerprint density at radius 1 is 1.14 bits per heavy atom. The third-order valence-corrected chi connectivity index (χ3v) is 3.21. The van der Waals surface area contributed by atoms with Gasteiger partial charge in [-0.1, -0.05) is 37.3 Å². The molecule has 4 nitrogen and oxygen atoms in total. The Kier molecular flexibility index (Phi) is 5.35. The predicted octanol–water partition coefficient (Wildman–Crippen LogP) is 2.73. The first-order valence-corrected chi connectivity index (χ1v) is 7.02. The van der Waals surface area contributed by atoms with Crippen LogP contribution in [0.1, 0.15) is 18.1 Å². The number of benzene rings is 2. The van der Waals surface area contributed by atoms with Gasteiger partial charge in [-0.15, -0.1) is 0 Å². The molecule has 4 heteroatoms. The summed E-state index contributed by atoms with van der Waals surface area (Å²) in [6.45, 7) is 2.46. The second kappa shape index (κ2) is 7.45. The van der Waals surface area contributed by atoms with Gasteiger partial charge in [-0.3, -0.25) is 4.79 Å². The lowest BCUT2D eigenvalue weighted by atomic mass is 10.2. The molecule has 0 atom stereocenters. The van der Waals surface area contributed by atoms with Crippen molar-refractivity contribution in [1.29, 1.82) is 0 Å². The summed E-state index contributed by atoms with van der Waals surface area (Å²) in [5.74, 6) is 0.491. The van der Waals surface area contributed by atoms with E-state index in [1.54, 1.807) is 0 Å². The van der Waals surface area contributed by atoms with Crippen LogP contribution in [0.15, 0.2) is 48.5 Å². The molecule has 0 saturated carbocycles. The number of hydrogen-bond donors (Lipinski definition) is 2. The molecule has 0 radical (unpaired) electrons. The summed E-state index contributed by atoms with van der Waals surface area (Å²) in [5.41, 5.74) is 8.51. The summed E-state index contributed by atoms with van der Waals surface area (Å²) in [6, 6.07) is 15.2. The van der Waals surface area contributed by atoms with Crippen molar-refractivity contribution >= 4 is 11.6 Å². The van der Waals surface area contributed by atoms with E-state index in [2.05, 4.69) is 12.2 Å². The van der Waals surface area contributed by atoms with Gasteiger partial charge >= 0.3 is 0 Å². The van der Waals surface area contributed by atoms with Gasteiger partial charge in [-0.25, -0.2) is 0 Å². The number of anilines is 1. The Balaban J connectivity index is 1.89. The van der Waals surface area contributed by atoms with Gasteiger partial charge in [-0.2, -0.15) is 0 Å². The van der Waals surface area contributed by atoms with E-state index in [4.69, 9.17) is 10.5 Å². The fraction of sp³-hybridized carbons (Fsp3) is 0.235. The fourth-order valence-corrected chi connectivity index (χ4v) is 1.98. The lowest BCUT2D eigenvalue weighted by molar-refractivity contribution is -0.118. The summed E-state index contributed by atoms with van der Waals surface area (Å²) >= 11 is 0. The van der Waals surface area contributed by atoms with Gasteiger partial charge in [0.05, 0.1) is 0 Å². The smallest absolute Gasteiger partial charge is 0.262 e. The zero-order valence-electron chi connectivity index (χ0n) is 12.1. The summed E-state index contributed by atoms with van der Waals surface area (Å²) in [7, 11) is 0. The van der Waals surface area contributed by atoms with E-state index < -0.39 is 0 Å². The van der Waals surface area contributed by atoms with Crippen molar-refractivity contribution in [2.45, 2.75) is 19.9 Å². The number of amides is 1. The summed E-state index contributed by atoms with van der Waals surface area (Å²) in [4.78, 5) is 11.9. The van der Waals surface area contributed by atoms with Crippen LogP contribution in [0.2, 0.25) is 0 Å². The zero-order valence-corrected chi connectivity index (χ0v) is 12.1. The minimum absolute atomic E-state index is 0.0234. The van der Waals surface area contributed by atoms with Crippen LogP contribution in [0, 0.1) is 0 Å². The van der Waals surface area contributed by atoms with Gasteiger partial charge in [0.1, 0.15) is 5.75 Å². The van der Waals surface area contributed by atoms with Crippen LogP contribution in [0.5, 0.6) is 5.75 Å². The van der Waals surface area contributed by atoms with Gasteiger partial charge in [0.25, 0.3) is 5.91 Å². The van der Waals surface area contributed by atoms with Crippen molar-refractivity contribution < 1.29 is 9.53 Å². The maximum Gasteiger partial charge on any atom is 0.262 e. The minimum atomic E-state index is -0.199. The molecule has 0 aromatic heterocycles. The molecule has 2 rings (SSSR count). The van der Waals surface area contributed by atoms with Crippen LogP contribution in [0.25, 0.3) is 0 Å². The Morgan fingerprint density at radius 2 is 1.86 bits per heavy atom. The number of hydrogen-bond acceptors (Lipinski definition) is 3. The summed E-state index contributed by atoms with van der Waals surface area (Å²) in [6.07, 6.45) is 0.983. The van der Waals surface area contributed by atoms with Crippen LogP contribution < -0.4 is 15.8 Å². The molecule has 1 amide bonds. The average Bonchev–Trinajstić information content (AvgIpc) is 2.54. The van der Waals surface area contributed by atoms with Crippen molar-refractivity contribution in [3.8, 4) is 5.75 Å². The number of aryl methyl sites for hydroxylation is 1. The van der Waals surface area contributed by atoms with Crippen molar-refractivity contribution in [2.24, 2.45) is 5.73 Å². The second-order valence-corrected chi connectivity index (χ2v) is 4.70. The van der Waals surface area contributed by atoms with E-state index in [-0.39, 0.29) is 12.5 Å². The van der Waals surface area contributed by atoms with Crippen LogP contribution in [-0.4, -0.2) is 12.5 Å². The Morgan fingerprint density at radius 3 is 2.52 bits per heavy atom. The van der Waals surface area contributed by atoms with E-state index in [0.29, 0.717) is 12.3 Å². The molecular formula is C17H20N2O2. The Labute approximate surface area is 124 Å². The molecule has 0 unspecified atom stereocenters.